The Hall–Kier alpha value is -3.19. The maximum absolute atomic E-state index is 13.7. The van der Waals surface area contributed by atoms with Crippen LogP contribution in [0.3, 0.4) is 0 Å². The molecular formula is C25H30N2O5. The van der Waals surface area contributed by atoms with Crippen LogP contribution in [0.25, 0.3) is 0 Å². The molecule has 0 saturated carbocycles. The van der Waals surface area contributed by atoms with Crippen molar-refractivity contribution in [2.24, 2.45) is 0 Å². The molecule has 0 spiro atoms. The van der Waals surface area contributed by atoms with Gasteiger partial charge in [-0.15, -0.1) is 0 Å². The zero-order valence-corrected chi connectivity index (χ0v) is 18.9. The summed E-state index contributed by atoms with van der Waals surface area (Å²) in [7, 11) is 1.32. The topological polar surface area (TPSA) is 76.2 Å². The van der Waals surface area contributed by atoms with Gasteiger partial charge in [-0.1, -0.05) is 30.3 Å². The first-order chi connectivity index (χ1) is 15.5. The minimum absolute atomic E-state index is 0.0784. The van der Waals surface area contributed by atoms with Crippen LogP contribution in [-0.2, 0) is 20.8 Å². The van der Waals surface area contributed by atoms with Gasteiger partial charge in [0.15, 0.2) is 5.54 Å². The molecule has 1 aliphatic heterocycles. The minimum atomic E-state index is -1.20. The highest BCUT2D eigenvalue weighted by Crippen LogP contribution is 2.31. The van der Waals surface area contributed by atoms with Gasteiger partial charge in [-0.05, 0) is 43.7 Å². The van der Waals surface area contributed by atoms with Gasteiger partial charge in [-0.3, -0.25) is 9.59 Å². The smallest absolute Gasteiger partial charge is 0.334 e. The van der Waals surface area contributed by atoms with Gasteiger partial charge < -0.3 is 19.3 Å². The molecule has 1 aliphatic rings. The van der Waals surface area contributed by atoms with Crippen molar-refractivity contribution in [3.63, 3.8) is 0 Å². The molecule has 0 bridgehead atoms. The Labute approximate surface area is 188 Å². The van der Waals surface area contributed by atoms with Crippen molar-refractivity contribution in [1.29, 1.82) is 0 Å². The highest BCUT2D eigenvalue weighted by molar-refractivity contribution is 6.00. The van der Waals surface area contributed by atoms with Crippen LogP contribution < -0.4 is 0 Å². The van der Waals surface area contributed by atoms with Crippen LogP contribution in [0.2, 0.25) is 0 Å². The molecule has 1 saturated heterocycles. The van der Waals surface area contributed by atoms with Crippen LogP contribution in [-0.4, -0.2) is 66.5 Å². The van der Waals surface area contributed by atoms with Gasteiger partial charge >= 0.3 is 5.97 Å². The third kappa shape index (κ3) is 4.67. The molecule has 2 aromatic carbocycles. The molecule has 7 nitrogen and oxygen atoms in total. The van der Waals surface area contributed by atoms with Crippen LogP contribution in [0.5, 0.6) is 0 Å². The van der Waals surface area contributed by atoms with E-state index < -0.39 is 11.5 Å². The maximum Gasteiger partial charge on any atom is 0.334 e. The van der Waals surface area contributed by atoms with E-state index in [1.807, 2.05) is 44.2 Å². The first-order valence-corrected chi connectivity index (χ1v) is 10.9. The molecule has 1 unspecified atom stereocenters. The third-order valence-electron chi connectivity index (χ3n) is 5.94. The Kier molecular flexibility index (Phi) is 7.64. The molecule has 1 heterocycles. The van der Waals surface area contributed by atoms with E-state index in [9.17, 15) is 14.4 Å². The van der Waals surface area contributed by atoms with Gasteiger partial charge in [0.05, 0.1) is 13.7 Å². The molecule has 0 aromatic heterocycles. The van der Waals surface area contributed by atoms with Crippen LogP contribution in [0, 0.1) is 0 Å². The molecule has 0 aliphatic carbocycles. The second-order valence-electron chi connectivity index (χ2n) is 7.76. The number of rotatable bonds is 8. The highest BCUT2D eigenvalue weighted by Gasteiger charge is 2.50. The SMILES string of the molecule is CCN(CC)C(=O)c1ccc(C(=O)N(Cc2ccccc2)C2(C(=O)OC)CCOC2)cc1. The van der Waals surface area contributed by atoms with Crippen LogP contribution in [0.15, 0.2) is 54.6 Å². The molecule has 170 valence electrons. The number of nitrogens with zero attached hydrogens (tertiary/aromatic N) is 2. The number of hydrogen-bond donors (Lipinski definition) is 0. The molecule has 0 radical (unpaired) electrons. The molecule has 2 amide bonds. The van der Waals surface area contributed by atoms with Gasteiger partial charge in [0.1, 0.15) is 0 Å². The van der Waals surface area contributed by atoms with Crippen molar-refractivity contribution in [3.05, 3.63) is 71.3 Å². The van der Waals surface area contributed by atoms with Crippen molar-refractivity contribution in [2.45, 2.75) is 32.4 Å². The summed E-state index contributed by atoms with van der Waals surface area (Å²) in [5.74, 6) is -0.885. The van der Waals surface area contributed by atoms with Gasteiger partial charge in [0.2, 0.25) is 0 Å². The van der Waals surface area contributed by atoms with E-state index in [1.165, 1.54) is 7.11 Å². The molecule has 2 aromatic rings. The Bertz CT molecular complexity index is 933. The summed E-state index contributed by atoms with van der Waals surface area (Å²) < 4.78 is 10.6. The highest BCUT2D eigenvalue weighted by atomic mass is 16.5. The monoisotopic (exact) mass is 438 g/mol. The van der Waals surface area contributed by atoms with Crippen LogP contribution in [0.4, 0.5) is 0 Å². The molecule has 1 atom stereocenters. The summed E-state index contributed by atoms with van der Waals surface area (Å²) in [6.45, 7) is 5.76. The average Bonchev–Trinajstić information content (AvgIpc) is 3.34. The van der Waals surface area contributed by atoms with Crippen molar-refractivity contribution < 1.29 is 23.9 Å². The number of carbonyl (C=O) groups is 3. The van der Waals surface area contributed by atoms with Crippen molar-refractivity contribution in [2.75, 3.05) is 33.4 Å². The molecule has 1 fully saturated rings. The lowest BCUT2D eigenvalue weighted by atomic mass is 9.93. The number of amides is 2. The summed E-state index contributed by atoms with van der Waals surface area (Å²) in [5.41, 5.74) is 0.612. The summed E-state index contributed by atoms with van der Waals surface area (Å²) in [4.78, 5) is 42.4. The van der Waals surface area contributed by atoms with Gasteiger partial charge in [0.25, 0.3) is 11.8 Å². The molecular weight excluding hydrogens is 408 g/mol. The largest absolute Gasteiger partial charge is 0.467 e. The Morgan fingerprint density at radius 1 is 0.938 bits per heavy atom. The number of methoxy groups -OCH3 is 1. The number of hydrogen-bond acceptors (Lipinski definition) is 5. The predicted octanol–water partition coefficient (Wildman–Crippen LogP) is 3.14. The first kappa shape index (κ1) is 23.5. The van der Waals surface area contributed by atoms with E-state index in [-0.39, 0.29) is 25.0 Å². The fourth-order valence-electron chi connectivity index (χ4n) is 4.02. The fraction of sp³-hybridized carbons (Fsp3) is 0.400. The van der Waals surface area contributed by atoms with Crippen molar-refractivity contribution >= 4 is 17.8 Å². The van der Waals surface area contributed by atoms with E-state index in [4.69, 9.17) is 9.47 Å². The lowest BCUT2D eigenvalue weighted by molar-refractivity contribution is -0.154. The van der Waals surface area contributed by atoms with Crippen molar-refractivity contribution in [1.82, 2.24) is 9.80 Å². The van der Waals surface area contributed by atoms with Gasteiger partial charge in [-0.2, -0.15) is 0 Å². The molecule has 3 rings (SSSR count). The van der Waals surface area contributed by atoms with Gasteiger partial charge in [0, 0.05) is 43.8 Å². The zero-order valence-electron chi connectivity index (χ0n) is 18.9. The van der Waals surface area contributed by atoms with Crippen molar-refractivity contribution in [3.8, 4) is 0 Å². The minimum Gasteiger partial charge on any atom is -0.467 e. The zero-order chi connectivity index (χ0) is 23.1. The number of benzene rings is 2. The normalized spacial score (nSPS) is 17.6. The lowest BCUT2D eigenvalue weighted by Gasteiger charge is -2.38. The molecule has 0 N–H and O–H groups in total. The van der Waals surface area contributed by atoms with E-state index >= 15 is 0 Å². The standard InChI is InChI=1S/C25H30N2O5/c1-4-26(5-2)22(28)20-11-13-21(14-12-20)23(29)27(17-19-9-7-6-8-10-19)25(24(30)31-3)15-16-32-18-25/h6-14H,4-5,15-18H2,1-3H3. The van der Waals surface area contributed by atoms with Crippen LogP contribution >= 0.6 is 0 Å². The summed E-state index contributed by atoms with van der Waals surface area (Å²) in [6.07, 6.45) is 0.358. The summed E-state index contributed by atoms with van der Waals surface area (Å²) in [6, 6.07) is 16.1. The molecule has 32 heavy (non-hydrogen) atoms. The van der Waals surface area contributed by atoms with E-state index in [2.05, 4.69) is 0 Å². The van der Waals surface area contributed by atoms with E-state index in [0.717, 1.165) is 5.56 Å². The first-order valence-electron chi connectivity index (χ1n) is 10.9. The predicted molar refractivity (Wildman–Crippen MR) is 120 cm³/mol. The van der Waals surface area contributed by atoms with E-state index in [0.29, 0.717) is 37.2 Å². The number of esters is 1. The second-order valence-corrected chi connectivity index (χ2v) is 7.76. The number of carbonyl (C=O) groups excluding carboxylic acids is 3. The summed E-state index contributed by atoms with van der Waals surface area (Å²) in [5, 5.41) is 0. The maximum atomic E-state index is 13.7. The third-order valence-corrected chi connectivity index (χ3v) is 5.94. The van der Waals surface area contributed by atoms with Crippen LogP contribution in [0.1, 0.15) is 46.5 Å². The second kappa shape index (κ2) is 10.4. The lowest BCUT2D eigenvalue weighted by Crippen LogP contribution is -2.57. The average molecular weight is 439 g/mol. The van der Waals surface area contributed by atoms with Gasteiger partial charge in [-0.25, -0.2) is 4.79 Å². The molecule has 7 heteroatoms. The quantitative estimate of drug-likeness (QED) is 0.592. The van der Waals surface area contributed by atoms with E-state index in [1.54, 1.807) is 34.1 Å². The summed E-state index contributed by atoms with van der Waals surface area (Å²) >= 11 is 0. The number of ether oxygens (including phenoxy) is 2. The Balaban J connectivity index is 1.95. The Morgan fingerprint density at radius 2 is 1.53 bits per heavy atom. The Morgan fingerprint density at radius 3 is 2.03 bits per heavy atom. The fourth-order valence-corrected chi connectivity index (χ4v) is 4.02.